The fourth-order valence-corrected chi connectivity index (χ4v) is 2.79. The molecule has 0 spiro atoms. The Kier molecular flexibility index (Phi) is 2.58. The first kappa shape index (κ1) is 11.6. The summed E-state index contributed by atoms with van der Waals surface area (Å²) in [5.74, 6) is 0.00111. The molecule has 1 N–H and O–H groups in total. The summed E-state index contributed by atoms with van der Waals surface area (Å²) in [5, 5.41) is 9.37. The van der Waals surface area contributed by atoms with E-state index in [0.717, 1.165) is 25.7 Å². The van der Waals surface area contributed by atoms with E-state index in [1.807, 2.05) is 12.1 Å². The van der Waals surface area contributed by atoms with E-state index in [1.54, 1.807) is 6.92 Å². The Hall–Kier alpha value is -1.51. The maximum absolute atomic E-state index is 11.4. The maximum atomic E-state index is 11.4. The number of carboxylic acid groups (broad SMARTS) is 1. The smallest absolute Gasteiger partial charge is 0.348 e. The van der Waals surface area contributed by atoms with Crippen LogP contribution in [0.25, 0.3) is 0 Å². The van der Waals surface area contributed by atoms with Gasteiger partial charge in [-0.2, -0.15) is 0 Å². The molecule has 3 rings (SSSR count). The number of hydrogen-bond acceptors (Lipinski definition) is 2. The van der Waals surface area contributed by atoms with Crippen molar-refractivity contribution < 1.29 is 14.6 Å². The molecule has 3 heteroatoms. The van der Waals surface area contributed by atoms with Crippen LogP contribution >= 0.6 is 0 Å². The number of rotatable bonds is 4. The van der Waals surface area contributed by atoms with Crippen molar-refractivity contribution in [1.29, 1.82) is 0 Å². The number of aryl methyl sites for hydroxylation is 2. The molecule has 0 amide bonds. The van der Waals surface area contributed by atoms with E-state index in [4.69, 9.17) is 4.74 Å². The van der Waals surface area contributed by atoms with Gasteiger partial charge in [0.25, 0.3) is 0 Å². The van der Waals surface area contributed by atoms with E-state index >= 15 is 0 Å². The van der Waals surface area contributed by atoms with Gasteiger partial charge in [-0.3, -0.25) is 0 Å². The first-order chi connectivity index (χ1) is 8.59. The topological polar surface area (TPSA) is 46.5 Å². The summed E-state index contributed by atoms with van der Waals surface area (Å²) in [5.41, 5.74) is 1.63. The van der Waals surface area contributed by atoms with Gasteiger partial charge in [-0.1, -0.05) is 6.07 Å². The summed E-state index contributed by atoms with van der Waals surface area (Å²) in [6, 6.07) is 6.01. The number of aliphatic carboxylic acids is 1. The Morgan fingerprint density at radius 1 is 1.33 bits per heavy atom. The van der Waals surface area contributed by atoms with E-state index < -0.39 is 11.6 Å². The van der Waals surface area contributed by atoms with Crippen molar-refractivity contribution in [3.8, 4) is 5.75 Å². The standard InChI is InChI=1S/C15H18O3/c1-15(14(16)17,12-6-7-12)18-13-8-5-10-3-2-4-11(10)9-13/h5,8-9,12H,2-4,6-7H2,1H3,(H,16,17). The van der Waals surface area contributed by atoms with Gasteiger partial charge in [0, 0.05) is 5.92 Å². The lowest BCUT2D eigenvalue weighted by Gasteiger charge is -2.26. The second-order valence-corrected chi connectivity index (χ2v) is 5.57. The lowest BCUT2D eigenvalue weighted by molar-refractivity contribution is -0.155. The number of ether oxygens (including phenoxy) is 1. The molecule has 1 aromatic rings. The summed E-state index contributed by atoms with van der Waals surface area (Å²) >= 11 is 0. The fourth-order valence-electron chi connectivity index (χ4n) is 2.79. The fraction of sp³-hybridized carbons (Fsp3) is 0.533. The molecule has 96 valence electrons. The molecule has 1 saturated carbocycles. The van der Waals surface area contributed by atoms with Crippen LogP contribution in [0.3, 0.4) is 0 Å². The van der Waals surface area contributed by atoms with Crippen molar-refractivity contribution in [2.24, 2.45) is 5.92 Å². The van der Waals surface area contributed by atoms with E-state index in [-0.39, 0.29) is 5.92 Å². The molecule has 0 aromatic heterocycles. The van der Waals surface area contributed by atoms with Gasteiger partial charge in [-0.15, -0.1) is 0 Å². The molecule has 2 aliphatic rings. The van der Waals surface area contributed by atoms with Crippen LogP contribution in [-0.4, -0.2) is 16.7 Å². The van der Waals surface area contributed by atoms with Gasteiger partial charge in [-0.05, 0) is 62.3 Å². The van der Waals surface area contributed by atoms with Crippen molar-refractivity contribution >= 4 is 5.97 Å². The first-order valence-corrected chi connectivity index (χ1v) is 6.64. The third-order valence-electron chi connectivity index (χ3n) is 4.18. The average Bonchev–Trinajstić information content (AvgIpc) is 3.09. The van der Waals surface area contributed by atoms with Crippen LogP contribution in [0.5, 0.6) is 5.75 Å². The highest BCUT2D eigenvalue weighted by molar-refractivity contribution is 5.78. The van der Waals surface area contributed by atoms with Gasteiger partial charge < -0.3 is 9.84 Å². The molecule has 1 unspecified atom stereocenters. The van der Waals surface area contributed by atoms with Crippen molar-refractivity contribution in [1.82, 2.24) is 0 Å². The normalized spacial score (nSPS) is 21.2. The van der Waals surface area contributed by atoms with Crippen LogP contribution in [0.4, 0.5) is 0 Å². The summed E-state index contributed by atoms with van der Waals surface area (Å²) < 4.78 is 5.81. The first-order valence-electron chi connectivity index (χ1n) is 6.64. The van der Waals surface area contributed by atoms with Crippen LogP contribution in [0.15, 0.2) is 18.2 Å². The minimum atomic E-state index is -1.06. The molecule has 0 aliphatic heterocycles. The van der Waals surface area contributed by atoms with E-state index in [2.05, 4.69) is 6.07 Å². The molecule has 0 heterocycles. The molecule has 3 nitrogen and oxygen atoms in total. The summed E-state index contributed by atoms with van der Waals surface area (Å²) in [7, 11) is 0. The Balaban J connectivity index is 1.85. The maximum Gasteiger partial charge on any atom is 0.348 e. The van der Waals surface area contributed by atoms with Crippen LogP contribution in [0.2, 0.25) is 0 Å². The van der Waals surface area contributed by atoms with Crippen LogP contribution in [0, 0.1) is 5.92 Å². The number of benzene rings is 1. The minimum Gasteiger partial charge on any atom is -0.478 e. The van der Waals surface area contributed by atoms with Gasteiger partial charge >= 0.3 is 5.97 Å². The molecular formula is C15H18O3. The zero-order valence-electron chi connectivity index (χ0n) is 10.6. The van der Waals surface area contributed by atoms with Gasteiger partial charge in [0.05, 0.1) is 0 Å². The van der Waals surface area contributed by atoms with E-state index in [0.29, 0.717) is 5.75 Å². The molecule has 2 aliphatic carbocycles. The highest BCUT2D eigenvalue weighted by Crippen LogP contribution is 2.42. The monoisotopic (exact) mass is 246 g/mol. The average molecular weight is 246 g/mol. The SMILES string of the molecule is CC(Oc1ccc2c(c1)CCC2)(C(=O)O)C1CC1. The van der Waals surface area contributed by atoms with Crippen molar-refractivity contribution in [2.75, 3.05) is 0 Å². The molecular weight excluding hydrogens is 228 g/mol. The van der Waals surface area contributed by atoms with Crippen molar-refractivity contribution in [3.05, 3.63) is 29.3 Å². The number of fused-ring (bicyclic) bond motifs is 1. The zero-order valence-corrected chi connectivity index (χ0v) is 10.6. The van der Waals surface area contributed by atoms with Gasteiger partial charge in [0.1, 0.15) is 5.75 Å². The van der Waals surface area contributed by atoms with Gasteiger partial charge in [0.15, 0.2) is 0 Å². The summed E-state index contributed by atoms with van der Waals surface area (Å²) in [6.07, 6.45) is 5.31. The Bertz CT molecular complexity index is 491. The van der Waals surface area contributed by atoms with Crippen molar-refractivity contribution in [2.45, 2.75) is 44.6 Å². The predicted molar refractivity (Wildman–Crippen MR) is 67.9 cm³/mol. The second kappa shape index (κ2) is 4.01. The summed E-state index contributed by atoms with van der Waals surface area (Å²) in [4.78, 5) is 11.4. The zero-order chi connectivity index (χ0) is 12.8. The molecule has 1 atom stereocenters. The van der Waals surface area contributed by atoms with Gasteiger partial charge in [-0.25, -0.2) is 4.79 Å². The summed E-state index contributed by atoms with van der Waals surface area (Å²) in [6.45, 7) is 1.69. The van der Waals surface area contributed by atoms with E-state index in [1.165, 1.54) is 17.5 Å². The second-order valence-electron chi connectivity index (χ2n) is 5.57. The third kappa shape index (κ3) is 1.88. The lowest BCUT2D eigenvalue weighted by atomic mass is 10.0. The molecule has 0 radical (unpaired) electrons. The highest BCUT2D eigenvalue weighted by atomic mass is 16.5. The van der Waals surface area contributed by atoms with Crippen molar-refractivity contribution in [3.63, 3.8) is 0 Å². The molecule has 18 heavy (non-hydrogen) atoms. The largest absolute Gasteiger partial charge is 0.478 e. The van der Waals surface area contributed by atoms with Gasteiger partial charge in [0.2, 0.25) is 5.60 Å². The predicted octanol–water partition coefficient (Wildman–Crippen LogP) is 2.81. The van der Waals surface area contributed by atoms with E-state index in [9.17, 15) is 9.90 Å². The van der Waals surface area contributed by atoms with Crippen LogP contribution in [-0.2, 0) is 17.6 Å². The number of hydrogen-bond donors (Lipinski definition) is 1. The lowest BCUT2D eigenvalue weighted by Crippen LogP contribution is -2.43. The minimum absolute atomic E-state index is 0.156. The third-order valence-corrected chi connectivity index (χ3v) is 4.18. The Morgan fingerprint density at radius 3 is 2.72 bits per heavy atom. The Morgan fingerprint density at radius 2 is 2.06 bits per heavy atom. The highest BCUT2D eigenvalue weighted by Gasteiger charge is 2.50. The number of carbonyl (C=O) groups is 1. The molecule has 1 aromatic carbocycles. The molecule has 1 fully saturated rings. The molecule has 0 saturated heterocycles. The molecule has 0 bridgehead atoms. The van der Waals surface area contributed by atoms with Crippen LogP contribution in [0.1, 0.15) is 37.3 Å². The number of carboxylic acids is 1. The quantitative estimate of drug-likeness (QED) is 0.888. The Labute approximate surface area is 107 Å². The van der Waals surface area contributed by atoms with Crippen LogP contribution < -0.4 is 4.74 Å².